The Kier molecular flexibility index (Phi) is 5.21. The number of likely N-dealkylation sites (tertiary alicyclic amines) is 1. The van der Waals surface area contributed by atoms with Crippen LogP contribution in [0.5, 0.6) is 0 Å². The number of carbonyl (C=O) groups excluding carboxylic acids is 1. The van der Waals surface area contributed by atoms with Crippen LogP contribution in [0.15, 0.2) is 47.8 Å². The van der Waals surface area contributed by atoms with Crippen LogP contribution in [0.2, 0.25) is 0 Å². The molecule has 1 saturated heterocycles. The van der Waals surface area contributed by atoms with Gasteiger partial charge in [-0.15, -0.1) is 0 Å². The lowest BCUT2D eigenvalue weighted by Gasteiger charge is -2.46. The van der Waals surface area contributed by atoms with Gasteiger partial charge < -0.3 is 20.5 Å². The van der Waals surface area contributed by atoms with Gasteiger partial charge in [0.25, 0.3) is 5.56 Å². The number of carbonyl (C=O) groups is 1. The number of aromatic nitrogens is 3. The Hall–Kier alpha value is -3.00. The number of aromatic amines is 1. The van der Waals surface area contributed by atoms with E-state index in [9.17, 15) is 9.59 Å². The van der Waals surface area contributed by atoms with Gasteiger partial charge in [0, 0.05) is 50.2 Å². The molecule has 2 aliphatic rings. The van der Waals surface area contributed by atoms with Crippen LogP contribution in [0.3, 0.4) is 0 Å². The SMILES string of the molecule is NC/C=C/C(=O)N1CC(N(CC2CC2)c2cc(-c3ccncn3)c[nH]c2=O)C1. The number of amides is 1. The fraction of sp³-hybridized carbons (Fsp3) is 0.400. The number of rotatable bonds is 7. The molecule has 2 aromatic heterocycles. The summed E-state index contributed by atoms with van der Waals surface area (Å²) < 4.78 is 0. The predicted octanol–water partition coefficient (Wildman–Crippen LogP) is 0.774. The van der Waals surface area contributed by atoms with Crippen molar-refractivity contribution >= 4 is 11.6 Å². The molecule has 1 aliphatic carbocycles. The Morgan fingerprint density at radius 3 is 2.89 bits per heavy atom. The van der Waals surface area contributed by atoms with Gasteiger partial charge in [0.1, 0.15) is 12.0 Å². The summed E-state index contributed by atoms with van der Waals surface area (Å²) in [5, 5.41) is 0. The van der Waals surface area contributed by atoms with Crippen LogP contribution in [0.25, 0.3) is 11.3 Å². The minimum atomic E-state index is -0.119. The maximum Gasteiger partial charge on any atom is 0.271 e. The number of hydrogen-bond acceptors (Lipinski definition) is 6. The molecule has 0 unspecified atom stereocenters. The third-order valence-electron chi connectivity index (χ3n) is 5.23. The van der Waals surface area contributed by atoms with Crippen molar-refractivity contribution in [2.45, 2.75) is 18.9 Å². The molecule has 0 bridgehead atoms. The summed E-state index contributed by atoms with van der Waals surface area (Å²) in [6, 6.07) is 3.84. The molecule has 4 rings (SSSR count). The Bertz CT molecular complexity index is 916. The standard InChI is InChI=1S/C20H24N6O2/c21-6-1-2-19(27)25-11-16(12-25)26(10-14-3-4-14)18-8-15(9-23-20(18)28)17-5-7-22-13-24-17/h1-2,5,7-9,13-14,16H,3-4,6,10-12,21H2,(H,23,28)/b2-1+. The molecule has 1 saturated carbocycles. The van der Waals surface area contributed by atoms with E-state index >= 15 is 0 Å². The summed E-state index contributed by atoms with van der Waals surface area (Å²) in [6.45, 7) is 2.40. The highest BCUT2D eigenvalue weighted by atomic mass is 16.2. The first kappa shape index (κ1) is 18.4. The van der Waals surface area contributed by atoms with Crippen molar-refractivity contribution in [3.63, 3.8) is 0 Å². The highest BCUT2D eigenvalue weighted by molar-refractivity contribution is 5.88. The third-order valence-corrected chi connectivity index (χ3v) is 5.23. The van der Waals surface area contributed by atoms with Gasteiger partial charge in [-0.05, 0) is 30.9 Å². The first-order chi connectivity index (χ1) is 13.7. The van der Waals surface area contributed by atoms with Gasteiger partial charge in [0.2, 0.25) is 5.91 Å². The fourth-order valence-electron chi connectivity index (χ4n) is 3.42. The van der Waals surface area contributed by atoms with Crippen molar-refractivity contribution in [3.05, 3.63) is 53.4 Å². The molecule has 0 spiro atoms. The van der Waals surface area contributed by atoms with Crippen molar-refractivity contribution in [1.82, 2.24) is 19.9 Å². The molecule has 8 nitrogen and oxygen atoms in total. The first-order valence-corrected chi connectivity index (χ1v) is 9.57. The molecule has 2 aromatic rings. The molecule has 0 atom stereocenters. The summed E-state index contributed by atoms with van der Waals surface area (Å²) in [7, 11) is 0. The fourth-order valence-corrected chi connectivity index (χ4v) is 3.42. The van der Waals surface area contributed by atoms with Gasteiger partial charge in [-0.3, -0.25) is 9.59 Å². The Morgan fingerprint density at radius 2 is 2.21 bits per heavy atom. The van der Waals surface area contributed by atoms with Crippen LogP contribution < -0.4 is 16.2 Å². The zero-order chi connectivity index (χ0) is 19.5. The minimum absolute atomic E-state index is 0.0308. The molecule has 3 heterocycles. The number of nitrogens with one attached hydrogen (secondary N) is 1. The topological polar surface area (TPSA) is 108 Å². The number of anilines is 1. The van der Waals surface area contributed by atoms with Crippen LogP contribution in [0, 0.1) is 5.92 Å². The maximum atomic E-state index is 12.6. The normalized spacial score (nSPS) is 17.0. The molecule has 1 amide bonds. The second-order valence-corrected chi connectivity index (χ2v) is 7.33. The molecular formula is C20H24N6O2. The quantitative estimate of drug-likeness (QED) is 0.687. The maximum absolute atomic E-state index is 12.6. The van der Waals surface area contributed by atoms with E-state index in [2.05, 4.69) is 19.9 Å². The molecule has 0 radical (unpaired) electrons. The average molecular weight is 380 g/mol. The van der Waals surface area contributed by atoms with E-state index in [1.165, 1.54) is 25.2 Å². The number of nitrogens with zero attached hydrogens (tertiary/aromatic N) is 4. The van der Waals surface area contributed by atoms with E-state index in [0.29, 0.717) is 31.2 Å². The first-order valence-electron chi connectivity index (χ1n) is 9.57. The molecule has 146 valence electrons. The Labute approximate surface area is 163 Å². The van der Waals surface area contributed by atoms with Crippen LogP contribution >= 0.6 is 0 Å². The third kappa shape index (κ3) is 3.96. The van der Waals surface area contributed by atoms with Gasteiger partial charge in [0.05, 0.1) is 11.7 Å². The van der Waals surface area contributed by atoms with E-state index in [0.717, 1.165) is 17.8 Å². The zero-order valence-corrected chi connectivity index (χ0v) is 15.6. The van der Waals surface area contributed by atoms with Gasteiger partial charge >= 0.3 is 0 Å². The van der Waals surface area contributed by atoms with Crippen molar-refractivity contribution in [2.75, 3.05) is 31.1 Å². The van der Waals surface area contributed by atoms with Crippen LogP contribution in [0.1, 0.15) is 12.8 Å². The molecule has 3 N–H and O–H groups in total. The average Bonchev–Trinajstić information content (AvgIpc) is 3.50. The monoisotopic (exact) mass is 380 g/mol. The molecule has 1 aliphatic heterocycles. The van der Waals surface area contributed by atoms with Crippen LogP contribution in [-0.4, -0.2) is 58.0 Å². The van der Waals surface area contributed by atoms with Crippen molar-refractivity contribution in [2.24, 2.45) is 11.7 Å². The van der Waals surface area contributed by atoms with Crippen molar-refractivity contribution < 1.29 is 4.79 Å². The lowest BCUT2D eigenvalue weighted by atomic mass is 10.0. The number of hydrogen-bond donors (Lipinski definition) is 2. The van der Waals surface area contributed by atoms with Gasteiger partial charge in [-0.1, -0.05) is 6.08 Å². The largest absolute Gasteiger partial charge is 0.360 e. The Morgan fingerprint density at radius 1 is 1.39 bits per heavy atom. The van der Waals surface area contributed by atoms with E-state index in [-0.39, 0.29) is 17.5 Å². The van der Waals surface area contributed by atoms with Crippen LogP contribution in [0.4, 0.5) is 5.69 Å². The van der Waals surface area contributed by atoms with Gasteiger partial charge in [-0.2, -0.15) is 0 Å². The summed E-state index contributed by atoms with van der Waals surface area (Å²) in [6.07, 6.45) is 10.4. The molecule has 28 heavy (non-hydrogen) atoms. The minimum Gasteiger partial charge on any atom is -0.360 e. The summed E-state index contributed by atoms with van der Waals surface area (Å²) in [4.78, 5) is 39.7. The van der Waals surface area contributed by atoms with Crippen LogP contribution in [-0.2, 0) is 4.79 Å². The molecule has 0 aromatic carbocycles. The number of nitrogens with two attached hydrogens (primary N) is 1. The van der Waals surface area contributed by atoms with Gasteiger partial charge in [-0.25, -0.2) is 9.97 Å². The summed E-state index contributed by atoms with van der Waals surface area (Å²) >= 11 is 0. The number of pyridine rings is 1. The van der Waals surface area contributed by atoms with E-state index < -0.39 is 0 Å². The van der Waals surface area contributed by atoms with E-state index in [1.54, 1.807) is 23.4 Å². The highest BCUT2D eigenvalue weighted by Gasteiger charge is 2.37. The Balaban J connectivity index is 1.56. The lowest BCUT2D eigenvalue weighted by Crippen LogP contribution is -2.62. The smallest absolute Gasteiger partial charge is 0.271 e. The molecular weight excluding hydrogens is 356 g/mol. The van der Waals surface area contributed by atoms with Crippen molar-refractivity contribution in [1.29, 1.82) is 0 Å². The lowest BCUT2D eigenvalue weighted by molar-refractivity contribution is -0.130. The second kappa shape index (κ2) is 7.93. The van der Waals surface area contributed by atoms with E-state index in [4.69, 9.17) is 5.73 Å². The van der Waals surface area contributed by atoms with Gasteiger partial charge in [0.15, 0.2) is 0 Å². The summed E-state index contributed by atoms with van der Waals surface area (Å²) in [5.74, 6) is 0.584. The number of H-pyrrole nitrogens is 1. The molecule has 2 fully saturated rings. The second-order valence-electron chi connectivity index (χ2n) is 7.33. The molecule has 8 heteroatoms. The van der Waals surface area contributed by atoms with E-state index in [1.807, 2.05) is 12.1 Å². The van der Waals surface area contributed by atoms with Crippen molar-refractivity contribution in [3.8, 4) is 11.3 Å². The highest BCUT2D eigenvalue weighted by Crippen LogP contribution is 2.33. The zero-order valence-electron chi connectivity index (χ0n) is 15.6. The predicted molar refractivity (Wildman–Crippen MR) is 107 cm³/mol. The summed E-state index contributed by atoms with van der Waals surface area (Å²) in [5.41, 5.74) is 7.54.